The number of fused-ring (bicyclic) bond motifs is 1. The normalized spacial score (nSPS) is 18.4. The largest absolute Gasteiger partial charge is 0.384 e. The van der Waals surface area contributed by atoms with Gasteiger partial charge in [0.25, 0.3) is 5.56 Å². The van der Waals surface area contributed by atoms with Gasteiger partial charge in [-0.2, -0.15) is 4.98 Å². The van der Waals surface area contributed by atoms with E-state index in [1.807, 2.05) is 13.0 Å². The van der Waals surface area contributed by atoms with Gasteiger partial charge in [0.05, 0.1) is 18.3 Å². The van der Waals surface area contributed by atoms with E-state index in [9.17, 15) is 4.79 Å². The molecule has 1 N–H and O–H groups in total. The summed E-state index contributed by atoms with van der Waals surface area (Å²) in [4.78, 5) is 23.8. The van der Waals surface area contributed by atoms with E-state index in [1.54, 1.807) is 13.2 Å². The van der Waals surface area contributed by atoms with Crippen LogP contribution in [0.1, 0.15) is 48.4 Å². The number of rotatable bonds is 6. The maximum absolute atomic E-state index is 12.3. The molecule has 144 valence electrons. The van der Waals surface area contributed by atoms with Crippen molar-refractivity contribution in [3.63, 3.8) is 0 Å². The molecular weight excluding hydrogens is 348 g/mol. The second kappa shape index (κ2) is 7.61. The molecule has 0 aromatic carbocycles. The van der Waals surface area contributed by atoms with Crippen molar-refractivity contribution in [1.29, 1.82) is 0 Å². The monoisotopic (exact) mass is 372 g/mol. The molecule has 4 rings (SSSR count). The van der Waals surface area contributed by atoms with Gasteiger partial charge in [-0.1, -0.05) is 11.6 Å². The average Bonchev–Trinajstić information content (AvgIpc) is 3.27. The number of nitrogens with one attached hydrogen (secondary N) is 1. The van der Waals surface area contributed by atoms with Crippen LogP contribution in [0.4, 0.5) is 0 Å². The van der Waals surface area contributed by atoms with E-state index in [-0.39, 0.29) is 11.6 Å². The number of piperidine rings is 1. The van der Waals surface area contributed by atoms with Gasteiger partial charge < -0.3 is 9.26 Å². The van der Waals surface area contributed by atoms with Crippen LogP contribution in [-0.2, 0) is 17.7 Å². The maximum Gasteiger partial charge on any atom is 0.272 e. The third-order valence-electron chi connectivity index (χ3n) is 4.91. The zero-order valence-electron chi connectivity index (χ0n) is 15.6. The van der Waals surface area contributed by atoms with Crippen LogP contribution in [0.25, 0.3) is 5.65 Å². The number of ether oxygens (including phenoxy) is 1. The molecule has 0 spiro atoms. The summed E-state index contributed by atoms with van der Waals surface area (Å²) >= 11 is 0. The highest BCUT2D eigenvalue weighted by Crippen LogP contribution is 2.31. The fourth-order valence-corrected chi connectivity index (χ4v) is 3.61. The van der Waals surface area contributed by atoms with Gasteiger partial charge in [-0.15, -0.1) is 0 Å². The lowest BCUT2D eigenvalue weighted by Gasteiger charge is -2.32. The van der Waals surface area contributed by atoms with Gasteiger partial charge in [-0.3, -0.25) is 14.8 Å². The minimum atomic E-state index is -0.101. The van der Waals surface area contributed by atoms with Crippen LogP contribution in [0.3, 0.4) is 0 Å². The summed E-state index contributed by atoms with van der Waals surface area (Å²) in [5, 5.41) is 7.06. The van der Waals surface area contributed by atoms with Crippen LogP contribution in [0.5, 0.6) is 0 Å². The van der Waals surface area contributed by atoms with Gasteiger partial charge >= 0.3 is 0 Å². The molecule has 0 amide bonds. The zero-order chi connectivity index (χ0) is 18.8. The van der Waals surface area contributed by atoms with Crippen molar-refractivity contribution < 1.29 is 9.26 Å². The number of methoxy groups -OCH3 is 1. The molecule has 0 saturated carbocycles. The summed E-state index contributed by atoms with van der Waals surface area (Å²) in [6, 6.07) is 3.52. The van der Waals surface area contributed by atoms with Crippen molar-refractivity contribution in [2.24, 2.45) is 0 Å². The van der Waals surface area contributed by atoms with Crippen molar-refractivity contribution in [1.82, 2.24) is 29.6 Å². The molecule has 4 heterocycles. The van der Waals surface area contributed by atoms with Crippen molar-refractivity contribution in [2.45, 2.75) is 45.2 Å². The van der Waals surface area contributed by atoms with Crippen LogP contribution < -0.4 is 5.56 Å². The Balaban J connectivity index is 1.56. The Morgan fingerprint density at radius 2 is 2.22 bits per heavy atom. The van der Waals surface area contributed by atoms with E-state index < -0.39 is 0 Å². The molecular formula is C18H24N6O3. The predicted molar refractivity (Wildman–Crippen MR) is 97.4 cm³/mol. The SMILES string of the molecule is COCCc1noc([C@H]2CCCCN2Cc2cc(=O)n3[nH]c(C)cc3n2)n1. The van der Waals surface area contributed by atoms with E-state index in [2.05, 4.69) is 25.1 Å². The van der Waals surface area contributed by atoms with Gasteiger partial charge in [-0.05, 0) is 26.3 Å². The molecule has 9 nitrogen and oxygen atoms in total. The number of hydrogen-bond donors (Lipinski definition) is 1. The first kappa shape index (κ1) is 17.9. The van der Waals surface area contributed by atoms with Crippen molar-refractivity contribution in [2.75, 3.05) is 20.3 Å². The Bertz CT molecular complexity index is 975. The first-order chi connectivity index (χ1) is 13.1. The summed E-state index contributed by atoms with van der Waals surface area (Å²) < 4.78 is 12.1. The van der Waals surface area contributed by atoms with Crippen LogP contribution >= 0.6 is 0 Å². The molecule has 27 heavy (non-hydrogen) atoms. The highest BCUT2D eigenvalue weighted by Gasteiger charge is 2.29. The summed E-state index contributed by atoms with van der Waals surface area (Å²) in [5.41, 5.74) is 2.20. The number of aromatic amines is 1. The topological polar surface area (TPSA) is 102 Å². The lowest BCUT2D eigenvalue weighted by molar-refractivity contribution is 0.110. The molecule has 0 unspecified atom stereocenters. The molecule has 1 saturated heterocycles. The van der Waals surface area contributed by atoms with Crippen molar-refractivity contribution >= 4 is 5.65 Å². The molecule has 1 fully saturated rings. The lowest BCUT2D eigenvalue weighted by Crippen LogP contribution is -2.34. The molecule has 1 atom stereocenters. The first-order valence-corrected chi connectivity index (χ1v) is 9.28. The highest BCUT2D eigenvalue weighted by molar-refractivity contribution is 5.39. The van der Waals surface area contributed by atoms with Crippen LogP contribution in [-0.4, -0.2) is 49.9 Å². The Morgan fingerprint density at radius 3 is 3.07 bits per heavy atom. The molecule has 0 radical (unpaired) electrons. The average molecular weight is 372 g/mol. The number of aromatic nitrogens is 5. The second-order valence-corrected chi connectivity index (χ2v) is 6.99. The van der Waals surface area contributed by atoms with Gasteiger partial charge in [0, 0.05) is 37.9 Å². The van der Waals surface area contributed by atoms with E-state index in [4.69, 9.17) is 9.26 Å². The second-order valence-electron chi connectivity index (χ2n) is 6.99. The zero-order valence-corrected chi connectivity index (χ0v) is 15.6. The smallest absolute Gasteiger partial charge is 0.272 e. The Hall–Kier alpha value is -2.52. The van der Waals surface area contributed by atoms with Crippen LogP contribution in [0.15, 0.2) is 21.5 Å². The number of nitrogens with zero attached hydrogens (tertiary/aromatic N) is 5. The summed E-state index contributed by atoms with van der Waals surface area (Å²) in [5.74, 6) is 1.30. The third kappa shape index (κ3) is 3.79. The Kier molecular flexibility index (Phi) is 5.04. The van der Waals surface area contributed by atoms with E-state index in [1.165, 1.54) is 4.52 Å². The molecule has 3 aromatic heterocycles. The fraction of sp³-hybridized carbons (Fsp3) is 0.556. The fourth-order valence-electron chi connectivity index (χ4n) is 3.61. The number of hydrogen-bond acceptors (Lipinski definition) is 7. The first-order valence-electron chi connectivity index (χ1n) is 9.28. The molecule has 1 aliphatic heterocycles. The van der Waals surface area contributed by atoms with Gasteiger partial charge in [-0.25, -0.2) is 9.50 Å². The minimum Gasteiger partial charge on any atom is -0.384 e. The Morgan fingerprint density at radius 1 is 1.33 bits per heavy atom. The molecule has 3 aromatic rings. The van der Waals surface area contributed by atoms with E-state index in [0.717, 1.165) is 37.2 Å². The Labute approximate surface area is 156 Å². The molecule has 9 heteroatoms. The van der Waals surface area contributed by atoms with Crippen LogP contribution in [0, 0.1) is 6.92 Å². The number of aryl methyl sites for hydroxylation is 1. The van der Waals surface area contributed by atoms with E-state index in [0.29, 0.717) is 36.9 Å². The van der Waals surface area contributed by atoms with Crippen molar-refractivity contribution in [3.05, 3.63) is 45.6 Å². The highest BCUT2D eigenvalue weighted by atomic mass is 16.5. The number of H-pyrrole nitrogens is 1. The third-order valence-corrected chi connectivity index (χ3v) is 4.91. The molecule has 1 aliphatic rings. The molecule has 0 aliphatic carbocycles. The minimum absolute atomic E-state index is 0.0516. The van der Waals surface area contributed by atoms with E-state index >= 15 is 0 Å². The maximum atomic E-state index is 12.3. The summed E-state index contributed by atoms with van der Waals surface area (Å²) in [6.45, 7) is 3.96. The summed E-state index contributed by atoms with van der Waals surface area (Å²) in [6.07, 6.45) is 3.81. The lowest BCUT2D eigenvalue weighted by atomic mass is 10.0. The predicted octanol–water partition coefficient (Wildman–Crippen LogP) is 1.63. The van der Waals surface area contributed by atoms with Gasteiger partial charge in [0.1, 0.15) is 0 Å². The van der Waals surface area contributed by atoms with Crippen LogP contribution in [0.2, 0.25) is 0 Å². The van der Waals surface area contributed by atoms with Crippen molar-refractivity contribution in [3.8, 4) is 0 Å². The standard InChI is InChI=1S/C18H24N6O3/c1-12-9-16-19-13(10-17(25)24(16)21-12)11-23-7-4-3-5-14(23)18-20-15(22-27-18)6-8-26-2/h9-10,14,21H,3-8,11H2,1-2H3/t14-/m1/s1. The summed E-state index contributed by atoms with van der Waals surface area (Å²) in [7, 11) is 1.65. The van der Waals surface area contributed by atoms with Gasteiger partial charge in [0.15, 0.2) is 11.5 Å². The van der Waals surface area contributed by atoms with Gasteiger partial charge in [0.2, 0.25) is 5.89 Å². The quantitative estimate of drug-likeness (QED) is 0.702. The molecule has 0 bridgehead atoms. The number of likely N-dealkylation sites (tertiary alicyclic amines) is 1.